The summed E-state index contributed by atoms with van der Waals surface area (Å²) < 4.78 is 0. The molecule has 3 nitrogen and oxygen atoms in total. The molecule has 0 radical (unpaired) electrons. The van der Waals surface area contributed by atoms with Gasteiger partial charge in [0.2, 0.25) is 0 Å². The van der Waals surface area contributed by atoms with Crippen LogP contribution >= 0.6 is 0 Å². The predicted molar refractivity (Wildman–Crippen MR) is 54.2 cm³/mol. The molecule has 0 fully saturated rings. The van der Waals surface area contributed by atoms with Gasteiger partial charge in [-0.1, -0.05) is 0 Å². The number of hydrogen-bond acceptors (Lipinski definition) is 3. The molecular weight excluding hydrogens is 192 g/mol. The third-order valence-electron chi connectivity index (χ3n) is 2.69. The summed E-state index contributed by atoms with van der Waals surface area (Å²) in [6.07, 6.45) is 5.18. The third-order valence-corrected chi connectivity index (χ3v) is 2.69. The maximum absolute atomic E-state index is 11.5. The highest BCUT2D eigenvalue weighted by molar-refractivity contribution is 6.22. The van der Waals surface area contributed by atoms with E-state index in [0.717, 1.165) is 0 Å². The van der Waals surface area contributed by atoms with Crippen LogP contribution in [0.5, 0.6) is 0 Å². The highest BCUT2D eigenvalue weighted by Crippen LogP contribution is 2.28. The topological polar surface area (TPSA) is 51.2 Å². The molecule has 2 rings (SSSR count). The number of hydrogen-bond donors (Lipinski definition) is 0. The fourth-order valence-electron chi connectivity index (χ4n) is 1.82. The van der Waals surface area contributed by atoms with E-state index < -0.39 is 0 Å². The first-order valence-corrected chi connectivity index (χ1v) is 4.81. The Morgan fingerprint density at radius 1 is 1.13 bits per heavy atom. The van der Waals surface area contributed by atoms with Crippen LogP contribution in [0.15, 0.2) is 34.9 Å². The molecule has 0 aliphatic heterocycles. The Morgan fingerprint density at radius 3 is 2.47 bits per heavy atom. The van der Waals surface area contributed by atoms with Crippen molar-refractivity contribution < 1.29 is 14.4 Å². The first kappa shape index (κ1) is 9.77. The van der Waals surface area contributed by atoms with Gasteiger partial charge in [0.05, 0.1) is 0 Å². The van der Waals surface area contributed by atoms with Gasteiger partial charge in [0.25, 0.3) is 0 Å². The van der Waals surface area contributed by atoms with E-state index in [2.05, 4.69) is 0 Å². The largest absolute Gasteiger partial charge is 0.295 e. The Bertz CT molecular complexity index is 461. The van der Waals surface area contributed by atoms with Crippen molar-refractivity contribution in [1.82, 2.24) is 0 Å². The molecular formula is C12H10O3. The van der Waals surface area contributed by atoms with Crippen LogP contribution in [0.3, 0.4) is 0 Å². The van der Waals surface area contributed by atoms with Crippen molar-refractivity contribution in [2.75, 3.05) is 0 Å². The molecule has 15 heavy (non-hydrogen) atoms. The van der Waals surface area contributed by atoms with E-state index in [9.17, 15) is 14.4 Å². The Kier molecular flexibility index (Phi) is 2.23. The van der Waals surface area contributed by atoms with Crippen molar-refractivity contribution in [3.05, 3.63) is 34.9 Å². The molecule has 0 atom stereocenters. The Hall–Kier alpha value is -1.77. The molecule has 0 saturated carbocycles. The van der Waals surface area contributed by atoms with E-state index in [1.54, 1.807) is 6.08 Å². The monoisotopic (exact) mass is 202 g/mol. The number of Topliss-reactive ketones (excluding diaryl/α,β-unsaturated/α-hetero) is 1. The predicted octanol–water partition coefficient (Wildman–Crippen LogP) is 1.30. The minimum atomic E-state index is -0.178. The van der Waals surface area contributed by atoms with Gasteiger partial charge in [-0.3, -0.25) is 14.4 Å². The molecule has 76 valence electrons. The van der Waals surface area contributed by atoms with E-state index >= 15 is 0 Å². The lowest BCUT2D eigenvalue weighted by Gasteiger charge is -2.18. The van der Waals surface area contributed by atoms with Crippen molar-refractivity contribution in [3.8, 4) is 0 Å². The van der Waals surface area contributed by atoms with Crippen LogP contribution < -0.4 is 0 Å². The quantitative estimate of drug-likeness (QED) is 0.602. The van der Waals surface area contributed by atoms with E-state index in [1.165, 1.54) is 19.1 Å². The fourth-order valence-corrected chi connectivity index (χ4v) is 1.82. The van der Waals surface area contributed by atoms with Crippen LogP contribution in [0.1, 0.15) is 19.8 Å². The van der Waals surface area contributed by atoms with E-state index in [1.807, 2.05) is 0 Å². The molecule has 0 aromatic carbocycles. The van der Waals surface area contributed by atoms with Gasteiger partial charge in [-0.15, -0.1) is 0 Å². The molecule has 3 heteroatoms. The average Bonchev–Trinajstić information content (AvgIpc) is 2.23. The summed E-state index contributed by atoms with van der Waals surface area (Å²) in [6, 6.07) is 0. The lowest BCUT2D eigenvalue weighted by atomic mass is 9.84. The Morgan fingerprint density at radius 2 is 1.80 bits per heavy atom. The van der Waals surface area contributed by atoms with Crippen molar-refractivity contribution in [3.63, 3.8) is 0 Å². The number of ketones is 3. The average molecular weight is 202 g/mol. The molecule has 2 aliphatic rings. The van der Waals surface area contributed by atoms with Crippen LogP contribution in [0.25, 0.3) is 0 Å². The van der Waals surface area contributed by atoms with Gasteiger partial charge >= 0.3 is 0 Å². The van der Waals surface area contributed by atoms with Gasteiger partial charge in [0.1, 0.15) is 0 Å². The van der Waals surface area contributed by atoms with Gasteiger partial charge < -0.3 is 0 Å². The highest BCUT2D eigenvalue weighted by atomic mass is 16.1. The molecule has 0 aromatic rings. The van der Waals surface area contributed by atoms with Crippen LogP contribution in [0.2, 0.25) is 0 Å². The van der Waals surface area contributed by atoms with Gasteiger partial charge in [-0.25, -0.2) is 0 Å². The van der Waals surface area contributed by atoms with E-state index in [0.29, 0.717) is 29.6 Å². The van der Waals surface area contributed by atoms with E-state index in [-0.39, 0.29) is 17.3 Å². The molecule has 2 aliphatic carbocycles. The summed E-state index contributed by atoms with van der Waals surface area (Å²) in [4.78, 5) is 34.1. The zero-order chi connectivity index (χ0) is 11.0. The maximum Gasteiger partial charge on any atom is 0.186 e. The van der Waals surface area contributed by atoms with Gasteiger partial charge in [0, 0.05) is 11.1 Å². The number of rotatable bonds is 1. The van der Waals surface area contributed by atoms with Crippen molar-refractivity contribution in [2.24, 2.45) is 0 Å². The molecule has 0 spiro atoms. The Labute approximate surface area is 87.2 Å². The first-order valence-electron chi connectivity index (χ1n) is 4.81. The number of carbonyl (C=O) groups is 3. The fraction of sp³-hybridized carbons (Fsp3) is 0.250. The molecule has 0 unspecified atom stereocenters. The van der Waals surface area contributed by atoms with Crippen molar-refractivity contribution >= 4 is 17.3 Å². The van der Waals surface area contributed by atoms with Crippen molar-refractivity contribution in [2.45, 2.75) is 19.8 Å². The van der Waals surface area contributed by atoms with Crippen molar-refractivity contribution in [1.29, 1.82) is 0 Å². The van der Waals surface area contributed by atoms with Gasteiger partial charge in [-0.2, -0.15) is 0 Å². The van der Waals surface area contributed by atoms with Gasteiger partial charge in [-0.05, 0) is 43.6 Å². The van der Waals surface area contributed by atoms with Crippen LogP contribution in [0, 0.1) is 0 Å². The zero-order valence-corrected chi connectivity index (χ0v) is 8.37. The van der Waals surface area contributed by atoms with E-state index in [4.69, 9.17) is 0 Å². The smallest absolute Gasteiger partial charge is 0.186 e. The lowest BCUT2D eigenvalue weighted by molar-refractivity contribution is -0.115. The second-order valence-electron chi connectivity index (χ2n) is 3.68. The minimum Gasteiger partial charge on any atom is -0.295 e. The van der Waals surface area contributed by atoms with Crippen LogP contribution in [-0.2, 0) is 14.4 Å². The summed E-state index contributed by atoms with van der Waals surface area (Å²) in [5.41, 5.74) is 1.58. The SMILES string of the molecule is CC(=O)C1=CC2=C(CC1)C(=O)C=CC2=O. The summed E-state index contributed by atoms with van der Waals surface area (Å²) in [5.74, 6) is -0.317. The Balaban J connectivity index is 2.47. The van der Waals surface area contributed by atoms with Crippen LogP contribution in [-0.4, -0.2) is 17.3 Å². The molecule has 0 bridgehead atoms. The third kappa shape index (κ3) is 1.61. The second-order valence-corrected chi connectivity index (χ2v) is 3.68. The first-order chi connectivity index (χ1) is 7.09. The summed E-state index contributed by atoms with van der Waals surface area (Å²) >= 11 is 0. The van der Waals surface area contributed by atoms with Crippen LogP contribution in [0.4, 0.5) is 0 Å². The minimum absolute atomic E-state index is 0.0312. The lowest BCUT2D eigenvalue weighted by Crippen LogP contribution is -2.18. The molecule has 0 aromatic heterocycles. The molecule has 0 heterocycles. The van der Waals surface area contributed by atoms with Gasteiger partial charge in [0.15, 0.2) is 17.3 Å². The molecule has 0 saturated heterocycles. The highest BCUT2D eigenvalue weighted by Gasteiger charge is 2.25. The normalized spacial score (nSPS) is 20.2. The zero-order valence-electron chi connectivity index (χ0n) is 8.37. The maximum atomic E-state index is 11.5. The number of allylic oxidation sites excluding steroid dienone is 6. The summed E-state index contributed by atoms with van der Waals surface area (Å²) in [5, 5.41) is 0. The number of carbonyl (C=O) groups excluding carboxylic acids is 3. The standard InChI is InChI=1S/C12H10O3/c1-7(13)8-2-3-9-10(6-8)12(15)5-4-11(9)14/h4-6H,2-3H2,1H3. The molecule has 0 amide bonds. The second kappa shape index (κ2) is 3.42. The molecule has 0 N–H and O–H groups in total. The summed E-state index contributed by atoms with van der Waals surface area (Å²) in [7, 11) is 0. The summed E-state index contributed by atoms with van der Waals surface area (Å²) in [6.45, 7) is 1.47.